The van der Waals surface area contributed by atoms with Crippen LogP contribution in [0.15, 0.2) is 24.3 Å². The molecule has 1 unspecified atom stereocenters. The second-order valence-corrected chi connectivity index (χ2v) is 5.36. The lowest BCUT2D eigenvalue weighted by Gasteiger charge is -2.25. The van der Waals surface area contributed by atoms with Crippen LogP contribution in [-0.2, 0) is 0 Å². The van der Waals surface area contributed by atoms with Crippen LogP contribution in [0.2, 0.25) is 0 Å². The molecule has 2 aromatic rings. The topological polar surface area (TPSA) is 31.1 Å². The molecule has 0 saturated carbocycles. The summed E-state index contributed by atoms with van der Waals surface area (Å²) in [5.41, 5.74) is 3.82. The molecule has 3 heteroatoms. The fourth-order valence-corrected chi connectivity index (χ4v) is 2.86. The second-order valence-electron chi connectivity index (χ2n) is 5.36. The zero-order chi connectivity index (χ0) is 13.8. The predicted octanol–water partition coefficient (Wildman–Crippen LogP) is 3.16. The Kier molecular flexibility index (Phi) is 4.48. The molecule has 3 nitrogen and oxygen atoms in total. The predicted molar refractivity (Wildman–Crippen MR) is 84.0 cm³/mol. The SMILES string of the molecule is CCC(CNC)CN(C)c1c(C)[nH]c2ccccc12. The summed E-state index contributed by atoms with van der Waals surface area (Å²) in [7, 11) is 4.22. The molecular formula is C16H25N3. The van der Waals surface area contributed by atoms with Crippen molar-refractivity contribution in [2.75, 3.05) is 32.1 Å². The van der Waals surface area contributed by atoms with Crippen molar-refractivity contribution in [2.24, 2.45) is 5.92 Å². The number of rotatable bonds is 6. The molecule has 0 saturated heterocycles. The zero-order valence-corrected chi connectivity index (χ0v) is 12.5. The van der Waals surface area contributed by atoms with Gasteiger partial charge in [-0.2, -0.15) is 0 Å². The maximum Gasteiger partial charge on any atom is 0.0651 e. The van der Waals surface area contributed by atoms with E-state index >= 15 is 0 Å². The van der Waals surface area contributed by atoms with Crippen molar-refractivity contribution in [2.45, 2.75) is 20.3 Å². The zero-order valence-electron chi connectivity index (χ0n) is 12.5. The number of aryl methyl sites for hydroxylation is 1. The Labute approximate surface area is 116 Å². The molecule has 104 valence electrons. The van der Waals surface area contributed by atoms with Gasteiger partial charge in [0.25, 0.3) is 0 Å². The average molecular weight is 259 g/mol. The molecule has 0 radical (unpaired) electrons. The Morgan fingerprint density at radius 3 is 2.74 bits per heavy atom. The first-order valence-electron chi connectivity index (χ1n) is 7.10. The monoisotopic (exact) mass is 259 g/mol. The first kappa shape index (κ1) is 13.9. The largest absolute Gasteiger partial charge is 0.372 e. The second kappa shape index (κ2) is 6.11. The first-order chi connectivity index (χ1) is 9.17. The number of anilines is 1. The molecule has 1 aromatic carbocycles. The molecule has 0 aliphatic carbocycles. The summed E-state index contributed by atoms with van der Waals surface area (Å²) in [6.07, 6.45) is 1.20. The van der Waals surface area contributed by atoms with E-state index in [2.05, 4.69) is 60.4 Å². The Hall–Kier alpha value is -1.48. The Bertz CT molecular complexity index is 530. The molecule has 2 rings (SSSR count). The number of hydrogen-bond donors (Lipinski definition) is 2. The molecule has 0 aliphatic rings. The van der Waals surface area contributed by atoms with Crippen molar-refractivity contribution in [3.8, 4) is 0 Å². The number of H-pyrrole nitrogens is 1. The number of aromatic amines is 1. The minimum Gasteiger partial charge on any atom is -0.372 e. The smallest absolute Gasteiger partial charge is 0.0651 e. The van der Waals surface area contributed by atoms with Gasteiger partial charge in [0.1, 0.15) is 0 Å². The summed E-state index contributed by atoms with van der Waals surface area (Å²) in [5, 5.41) is 4.61. The summed E-state index contributed by atoms with van der Waals surface area (Å²) in [6, 6.07) is 8.53. The highest BCUT2D eigenvalue weighted by molar-refractivity contribution is 5.94. The summed E-state index contributed by atoms with van der Waals surface area (Å²) < 4.78 is 0. The van der Waals surface area contributed by atoms with Crippen molar-refractivity contribution >= 4 is 16.6 Å². The van der Waals surface area contributed by atoms with Crippen LogP contribution in [0.1, 0.15) is 19.0 Å². The van der Waals surface area contributed by atoms with Crippen LogP contribution in [0.25, 0.3) is 10.9 Å². The third kappa shape index (κ3) is 2.92. The number of fused-ring (bicyclic) bond motifs is 1. The molecule has 0 aliphatic heterocycles. The molecule has 0 amide bonds. The quantitative estimate of drug-likeness (QED) is 0.835. The minimum absolute atomic E-state index is 0.683. The number of nitrogens with zero attached hydrogens (tertiary/aromatic N) is 1. The van der Waals surface area contributed by atoms with Crippen molar-refractivity contribution in [1.29, 1.82) is 0 Å². The van der Waals surface area contributed by atoms with Gasteiger partial charge in [-0.3, -0.25) is 0 Å². The molecule has 19 heavy (non-hydrogen) atoms. The fraction of sp³-hybridized carbons (Fsp3) is 0.500. The van der Waals surface area contributed by atoms with E-state index in [1.54, 1.807) is 0 Å². The summed E-state index contributed by atoms with van der Waals surface area (Å²) >= 11 is 0. The molecule has 0 fully saturated rings. The molecule has 2 N–H and O–H groups in total. The number of benzene rings is 1. The highest BCUT2D eigenvalue weighted by Gasteiger charge is 2.15. The molecule has 0 spiro atoms. The molecule has 0 bridgehead atoms. The minimum atomic E-state index is 0.683. The summed E-state index contributed by atoms with van der Waals surface area (Å²) in [6.45, 7) is 6.57. The summed E-state index contributed by atoms with van der Waals surface area (Å²) in [5.74, 6) is 0.683. The molecule has 1 aromatic heterocycles. The van der Waals surface area contributed by atoms with E-state index < -0.39 is 0 Å². The van der Waals surface area contributed by atoms with E-state index in [0.29, 0.717) is 5.92 Å². The van der Waals surface area contributed by atoms with Crippen molar-refractivity contribution in [3.63, 3.8) is 0 Å². The van der Waals surface area contributed by atoms with Gasteiger partial charge in [0.15, 0.2) is 0 Å². The lowest BCUT2D eigenvalue weighted by molar-refractivity contribution is 0.485. The average Bonchev–Trinajstić information content (AvgIpc) is 2.73. The third-order valence-electron chi connectivity index (χ3n) is 3.84. The van der Waals surface area contributed by atoms with Crippen LogP contribution >= 0.6 is 0 Å². The Morgan fingerprint density at radius 2 is 2.05 bits per heavy atom. The van der Waals surface area contributed by atoms with Crippen LogP contribution in [0, 0.1) is 12.8 Å². The van der Waals surface area contributed by atoms with E-state index in [9.17, 15) is 0 Å². The maximum absolute atomic E-state index is 3.47. The van der Waals surface area contributed by atoms with E-state index in [0.717, 1.165) is 13.1 Å². The van der Waals surface area contributed by atoms with Crippen LogP contribution in [0.5, 0.6) is 0 Å². The number of nitrogens with one attached hydrogen (secondary N) is 2. The summed E-state index contributed by atoms with van der Waals surface area (Å²) in [4.78, 5) is 5.86. The van der Waals surface area contributed by atoms with Crippen LogP contribution < -0.4 is 10.2 Å². The van der Waals surface area contributed by atoms with E-state index in [1.165, 1.54) is 28.7 Å². The highest BCUT2D eigenvalue weighted by atomic mass is 15.1. The standard InChI is InChI=1S/C16H25N3/c1-5-13(10-17-3)11-19(4)16-12(2)18-15-9-7-6-8-14(15)16/h6-9,13,17-18H,5,10-11H2,1-4H3. The van der Waals surface area contributed by atoms with Crippen LogP contribution in [0.3, 0.4) is 0 Å². The van der Waals surface area contributed by atoms with E-state index in [4.69, 9.17) is 0 Å². The normalized spacial score (nSPS) is 12.8. The van der Waals surface area contributed by atoms with Gasteiger partial charge < -0.3 is 15.2 Å². The van der Waals surface area contributed by atoms with Gasteiger partial charge in [-0.1, -0.05) is 31.5 Å². The van der Waals surface area contributed by atoms with Gasteiger partial charge in [0.2, 0.25) is 0 Å². The van der Waals surface area contributed by atoms with Gasteiger partial charge >= 0.3 is 0 Å². The van der Waals surface area contributed by atoms with E-state index in [-0.39, 0.29) is 0 Å². The van der Waals surface area contributed by atoms with Crippen molar-refractivity contribution < 1.29 is 0 Å². The van der Waals surface area contributed by atoms with Crippen molar-refractivity contribution in [3.05, 3.63) is 30.0 Å². The Morgan fingerprint density at radius 1 is 1.32 bits per heavy atom. The third-order valence-corrected chi connectivity index (χ3v) is 3.84. The highest BCUT2D eigenvalue weighted by Crippen LogP contribution is 2.30. The van der Waals surface area contributed by atoms with Crippen LogP contribution in [-0.4, -0.2) is 32.2 Å². The first-order valence-corrected chi connectivity index (χ1v) is 7.10. The molecule has 1 heterocycles. The lowest BCUT2D eigenvalue weighted by Crippen LogP contribution is -2.31. The van der Waals surface area contributed by atoms with Crippen LogP contribution in [0.4, 0.5) is 5.69 Å². The number of hydrogen-bond acceptors (Lipinski definition) is 2. The van der Waals surface area contributed by atoms with Gasteiger partial charge in [-0.15, -0.1) is 0 Å². The molecule has 1 atom stereocenters. The van der Waals surface area contributed by atoms with Gasteiger partial charge in [0, 0.05) is 30.2 Å². The maximum atomic E-state index is 3.47. The van der Waals surface area contributed by atoms with Crippen molar-refractivity contribution in [1.82, 2.24) is 10.3 Å². The van der Waals surface area contributed by atoms with Gasteiger partial charge in [0.05, 0.1) is 5.69 Å². The number of aromatic nitrogens is 1. The fourth-order valence-electron chi connectivity index (χ4n) is 2.86. The van der Waals surface area contributed by atoms with Gasteiger partial charge in [-0.25, -0.2) is 0 Å². The Balaban J connectivity index is 2.25. The van der Waals surface area contributed by atoms with Gasteiger partial charge in [-0.05, 0) is 32.5 Å². The number of para-hydroxylation sites is 1. The molecular weight excluding hydrogens is 234 g/mol. The lowest BCUT2D eigenvalue weighted by atomic mass is 10.1. The van der Waals surface area contributed by atoms with E-state index in [1.807, 2.05) is 7.05 Å².